The van der Waals surface area contributed by atoms with Crippen LogP contribution in [0.3, 0.4) is 0 Å². The van der Waals surface area contributed by atoms with Crippen molar-refractivity contribution in [3.05, 3.63) is 11.7 Å². The van der Waals surface area contributed by atoms with Crippen LogP contribution in [0.15, 0.2) is 4.52 Å². The second-order valence-electron chi connectivity index (χ2n) is 5.54. The van der Waals surface area contributed by atoms with Crippen LogP contribution >= 0.6 is 0 Å². The number of nitrogens with zero attached hydrogens (tertiary/aromatic N) is 2. The van der Waals surface area contributed by atoms with Gasteiger partial charge in [0.15, 0.2) is 5.82 Å². The third kappa shape index (κ3) is 3.56. The minimum absolute atomic E-state index is 0.0623. The highest BCUT2D eigenvalue weighted by Gasteiger charge is 2.30. The van der Waals surface area contributed by atoms with Crippen molar-refractivity contribution in [1.29, 1.82) is 0 Å². The number of hydrogen-bond donors (Lipinski definition) is 2. The number of primary amides is 1. The monoisotopic (exact) mass is 280 g/mol. The number of amides is 1. The molecule has 0 radical (unpaired) electrons. The summed E-state index contributed by atoms with van der Waals surface area (Å²) in [6, 6.07) is 0.0368. The molecule has 1 fully saturated rings. The summed E-state index contributed by atoms with van der Waals surface area (Å²) in [4.78, 5) is 15.9. The molecule has 6 heteroatoms. The Bertz CT molecular complexity index is 446. The van der Waals surface area contributed by atoms with Crippen LogP contribution < -0.4 is 11.1 Å². The lowest BCUT2D eigenvalue weighted by atomic mass is 9.93. The second kappa shape index (κ2) is 6.83. The van der Waals surface area contributed by atoms with Crippen LogP contribution in [0.1, 0.15) is 63.7 Å². The Balaban J connectivity index is 2.03. The van der Waals surface area contributed by atoms with Crippen molar-refractivity contribution in [3.63, 3.8) is 0 Å². The number of rotatable bonds is 5. The fourth-order valence-electron chi connectivity index (χ4n) is 2.83. The van der Waals surface area contributed by atoms with E-state index in [2.05, 4.69) is 15.5 Å². The molecule has 1 aromatic rings. The molecule has 1 amide bonds. The highest BCUT2D eigenvalue weighted by atomic mass is 16.5. The van der Waals surface area contributed by atoms with Crippen LogP contribution in [-0.4, -0.2) is 22.1 Å². The fourth-order valence-corrected chi connectivity index (χ4v) is 2.83. The minimum Gasteiger partial charge on any atom is -0.369 e. The van der Waals surface area contributed by atoms with Crippen LogP contribution in [0.2, 0.25) is 0 Å². The van der Waals surface area contributed by atoms with E-state index in [1.807, 2.05) is 13.8 Å². The number of hydrogen-bond acceptors (Lipinski definition) is 5. The first kappa shape index (κ1) is 15.0. The summed E-state index contributed by atoms with van der Waals surface area (Å²) in [7, 11) is 0. The number of aryl methyl sites for hydroxylation is 1. The Kier molecular flexibility index (Phi) is 5.11. The van der Waals surface area contributed by atoms with E-state index in [-0.39, 0.29) is 23.9 Å². The zero-order valence-electron chi connectivity index (χ0n) is 12.3. The molecule has 0 saturated heterocycles. The molecule has 0 unspecified atom stereocenters. The molecule has 1 aliphatic rings. The van der Waals surface area contributed by atoms with E-state index in [0.717, 1.165) is 38.5 Å². The number of nitrogens with two attached hydrogens (primary N) is 1. The number of aromatic nitrogens is 2. The average molecular weight is 280 g/mol. The molecule has 0 bridgehead atoms. The van der Waals surface area contributed by atoms with E-state index in [1.54, 1.807) is 0 Å². The summed E-state index contributed by atoms with van der Waals surface area (Å²) in [5.41, 5.74) is 5.54. The summed E-state index contributed by atoms with van der Waals surface area (Å²) < 4.78 is 5.25. The third-order valence-corrected chi connectivity index (χ3v) is 4.02. The molecule has 0 spiro atoms. The van der Waals surface area contributed by atoms with Crippen molar-refractivity contribution in [3.8, 4) is 0 Å². The maximum Gasteiger partial charge on any atom is 0.243 e. The van der Waals surface area contributed by atoms with Crippen molar-refractivity contribution < 1.29 is 9.32 Å². The number of nitrogens with one attached hydrogen (secondary N) is 1. The Morgan fingerprint density at radius 2 is 2.20 bits per heavy atom. The van der Waals surface area contributed by atoms with Crippen LogP contribution in [0.5, 0.6) is 0 Å². The Morgan fingerprint density at radius 3 is 2.85 bits per heavy atom. The molecule has 0 aliphatic heterocycles. The second-order valence-corrected chi connectivity index (χ2v) is 5.54. The van der Waals surface area contributed by atoms with E-state index >= 15 is 0 Å². The highest BCUT2D eigenvalue weighted by Crippen LogP contribution is 2.25. The third-order valence-electron chi connectivity index (χ3n) is 4.02. The molecule has 1 aliphatic carbocycles. The van der Waals surface area contributed by atoms with E-state index < -0.39 is 0 Å². The molecule has 0 aromatic carbocycles. The molecule has 6 nitrogen and oxygen atoms in total. The lowest BCUT2D eigenvalue weighted by Gasteiger charge is -2.25. The Morgan fingerprint density at radius 1 is 1.45 bits per heavy atom. The first-order chi connectivity index (χ1) is 9.61. The maximum absolute atomic E-state index is 11.6. The number of carbonyl (C=O) groups excluding carboxylic acids is 1. The van der Waals surface area contributed by atoms with Gasteiger partial charge in [-0.1, -0.05) is 31.3 Å². The van der Waals surface area contributed by atoms with Crippen LogP contribution in [0.25, 0.3) is 0 Å². The van der Waals surface area contributed by atoms with Gasteiger partial charge in [0.2, 0.25) is 11.8 Å². The van der Waals surface area contributed by atoms with Gasteiger partial charge in [-0.15, -0.1) is 0 Å². The quantitative estimate of drug-likeness (QED) is 0.801. The summed E-state index contributed by atoms with van der Waals surface area (Å²) in [6.45, 7) is 3.97. The predicted molar refractivity (Wildman–Crippen MR) is 74.8 cm³/mol. The van der Waals surface area contributed by atoms with Crippen LogP contribution in [0, 0.1) is 5.92 Å². The molecule has 3 atom stereocenters. The average Bonchev–Trinajstić information content (AvgIpc) is 2.79. The largest absolute Gasteiger partial charge is 0.369 e. The van der Waals surface area contributed by atoms with Crippen molar-refractivity contribution in [1.82, 2.24) is 15.5 Å². The Labute approximate surface area is 119 Å². The van der Waals surface area contributed by atoms with Crippen molar-refractivity contribution >= 4 is 5.91 Å². The normalized spacial score (nSPS) is 25.1. The van der Waals surface area contributed by atoms with Gasteiger partial charge in [0.1, 0.15) is 0 Å². The van der Waals surface area contributed by atoms with Gasteiger partial charge in [0.05, 0.1) is 12.0 Å². The zero-order chi connectivity index (χ0) is 14.5. The molecule has 112 valence electrons. The van der Waals surface area contributed by atoms with Gasteiger partial charge in [0, 0.05) is 12.5 Å². The summed E-state index contributed by atoms with van der Waals surface area (Å²) in [6.07, 6.45) is 5.94. The lowest BCUT2D eigenvalue weighted by Crippen LogP contribution is -2.43. The van der Waals surface area contributed by atoms with E-state index in [1.165, 1.54) is 0 Å². The SMILES string of the molecule is CCc1noc([C@H](C)N[C@@H]2CCCCC[C@H]2C(N)=O)n1. The molecule has 1 heterocycles. The smallest absolute Gasteiger partial charge is 0.243 e. The van der Waals surface area contributed by atoms with E-state index in [9.17, 15) is 4.79 Å². The number of carbonyl (C=O) groups is 1. The molecule has 1 saturated carbocycles. The highest BCUT2D eigenvalue weighted by molar-refractivity contribution is 5.77. The summed E-state index contributed by atoms with van der Waals surface area (Å²) in [5, 5.41) is 7.35. The fraction of sp³-hybridized carbons (Fsp3) is 0.786. The van der Waals surface area contributed by atoms with Gasteiger partial charge in [-0.2, -0.15) is 4.98 Å². The standard InChI is InChI=1S/C14H24N4O2/c1-3-12-17-14(20-18-12)9(2)16-11-8-6-4-5-7-10(11)13(15)19/h9-11,16H,3-8H2,1-2H3,(H2,15,19)/t9-,10+,11+/m0/s1. The topological polar surface area (TPSA) is 94.0 Å². The van der Waals surface area contributed by atoms with Gasteiger partial charge >= 0.3 is 0 Å². The molecule has 2 rings (SSSR count). The van der Waals surface area contributed by atoms with Crippen LogP contribution in [0.4, 0.5) is 0 Å². The predicted octanol–water partition coefficient (Wildman–Crippen LogP) is 1.72. The molecule has 1 aromatic heterocycles. The van der Waals surface area contributed by atoms with Gasteiger partial charge in [-0.25, -0.2) is 0 Å². The first-order valence-electron chi connectivity index (χ1n) is 7.49. The first-order valence-corrected chi connectivity index (χ1v) is 7.49. The van der Waals surface area contributed by atoms with Gasteiger partial charge in [-0.05, 0) is 19.8 Å². The Hall–Kier alpha value is -1.43. The van der Waals surface area contributed by atoms with Gasteiger partial charge < -0.3 is 15.6 Å². The van der Waals surface area contributed by atoms with Crippen molar-refractivity contribution in [2.45, 2.75) is 64.5 Å². The van der Waals surface area contributed by atoms with Crippen LogP contribution in [-0.2, 0) is 11.2 Å². The van der Waals surface area contributed by atoms with E-state index in [0.29, 0.717) is 11.7 Å². The maximum atomic E-state index is 11.6. The zero-order valence-corrected chi connectivity index (χ0v) is 12.3. The minimum atomic E-state index is -0.212. The van der Waals surface area contributed by atoms with Gasteiger partial charge in [-0.3, -0.25) is 4.79 Å². The molecule has 3 N–H and O–H groups in total. The molecule has 20 heavy (non-hydrogen) atoms. The lowest BCUT2D eigenvalue weighted by molar-refractivity contribution is -0.123. The van der Waals surface area contributed by atoms with Crippen molar-refractivity contribution in [2.24, 2.45) is 11.7 Å². The van der Waals surface area contributed by atoms with Gasteiger partial charge in [0.25, 0.3) is 0 Å². The van der Waals surface area contributed by atoms with E-state index in [4.69, 9.17) is 10.3 Å². The molecular formula is C14H24N4O2. The van der Waals surface area contributed by atoms with Crippen molar-refractivity contribution in [2.75, 3.05) is 0 Å². The molecular weight excluding hydrogens is 256 g/mol. The summed E-state index contributed by atoms with van der Waals surface area (Å²) >= 11 is 0. The summed E-state index contributed by atoms with van der Waals surface area (Å²) in [5.74, 6) is 0.972.